The first-order valence-electron chi connectivity index (χ1n) is 7.44. The van der Waals surface area contributed by atoms with E-state index in [4.69, 9.17) is 0 Å². The van der Waals surface area contributed by atoms with Gasteiger partial charge >= 0.3 is 0 Å². The number of rotatable bonds is 2. The van der Waals surface area contributed by atoms with Crippen LogP contribution in [0.1, 0.15) is 37.2 Å². The first-order valence-corrected chi connectivity index (χ1v) is 7.44. The van der Waals surface area contributed by atoms with E-state index in [-0.39, 0.29) is 0 Å². The lowest BCUT2D eigenvalue weighted by atomic mass is 9.99. The Morgan fingerprint density at radius 1 is 1.00 bits per heavy atom. The van der Waals surface area contributed by atoms with Gasteiger partial charge in [0, 0.05) is 17.3 Å². The van der Waals surface area contributed by atoms with E-state index in [1.165, 1.54) is 42.2 Å². The van der Waals surface area contributed by atoms with E-state index in [0.29, 0.717) is 0 Å². The van der Waals surface area contributed by atoms with Gasteiger partial charge in [0.1, 0.15) is 5.65 Å². The van der Waals surface area contributed by atoms with Crippen molar-refractivity contribution in [2.75, 3.05) is 0 Å². The summed E-state index contributed by atoms with van der Waals surface area (Å²) in [4.78, 5) is 8.03. The number of H-pyrrole nitrogens is 1. The Balaban J connectivity index is 1.76. The third-order valence-corrected chi connectivity index (χ3v) is 4.40. The summed E-state index contributed by atoms with van der Waals surface area (Å²) in [6.07, 6.45) is 7.44. The van der Waals surface area contributed by atoms with Crippen molar-refractivity contribution in [1.29, 1.82) is 0 Å². The van der Waals surface area contributed by atoms with Crippen LogP contribution in [0, 0.1) is 0 Å². The molecule has 2 nitrogen and oxygen atoms in total. The van der Waals surface area contributed by atoms with E-state index in [1.807, 2.05) is 6.07 Å². The van der Waals surface area contributed by atoms with Crippen LogP contribution < -0.4 is 0 Å². The maximum Gasteiger partial charge on any atom is 0.137 e. The van der Waals surface area contributed by atoms with Crippen molar-refractivity contribution in [3.63, 3.8) is 0 Å². The summed E-state index contributed by atoms with van der Waals surface area (Å²) >= 11 is 0. The predicted octanol–water partition coefficient (Wildman–Crippen LogP) is 4.89. The molecule has 2 aromatic heterocycles. The van der Waals surface area contributed by atoms with E-state index in [1.54, 1.807) is 0 Å². The van der Waals surface area contributed by atoms with Crippen LogP contribution in [0.15, 0.2) is 48.7 Å². The fourth-order valence-corrected chi connectivity index (χ4v) is 3.29. The summed E-state index contributed by atoms with van der Waals surface area (Å²) in [6, 6.07) is 15.0. The maximum absolute atomic E-state index is 4.62. The average molecular weight is 262 g/mol. The second kappa shape index (κ2) is 4.78. The molecule has 1 saturated carbocycles. The van der Waals surface area contributed by atoms with Crippen LogP contribution in [-0.4, -0.2) is 9.97 Å². The van der Waals surface area contributed by atoms with Crippen LogP contribution in [0.25, 0.3) is 22.3 Å². The standard InChI is InChI=1S/C18H18N2/c1-2-8-14(9-3-1)17-11-15-10-16(12-19-18(15)20-17)13-6-4-5-7-13/h1-3,8-13H,4-7H2,(H,19,20). The Morgan fingerprint density at radius 2 is 1.80 bits per heavy atom. The molecule has 0 radical (unpaired) electrons. The van der Waals surface area contributed by atoms with Gasteiger partial charge in [-0.15, -0.1) is 0 Å². The zero-order chi connectivity index (χ0) is 13.4. The summed E-state index contributed by atoms with van der Waals surface area (Å²) in [7, 11) is 0. The van der Waals surface area contributed by atoms with Crippen molar-refractivity contribution in [2.24, 2.45) is 0 Å². The maximum atomic E-state index is 4.62. The number of hydrogen-bond donors (Lipinski definition) is 1. The number of fused-ring (bicyclic) bond motifs is 1. The van der Waals surface area contributed by atoms with Gasteiger partial charge in [-0.1, -0.05) is 43.2 Å². The van der Waals surface area contributed by atoms with Crippen molar-refractivity contribution < 1.29 is 0 Å². The molecule has 0 saturated heterocycles. The highest BCUT2D eigenvalue weighted by atomic mass is 14.9. The lowest BCUT2D eigenvalue weighted by Gasteiger charge is -2.08. The van der Waals surface area contributed by atoms with Crippen LogP contribution in [0.3, 0.4) is 0 Å². The minimum Gasteiger partial charge on any atom is -0.339 e. The number of pyridine rings is 1. The van der Waals surface area contributed by atoms with E-state index in [9.17, 15) is 0 Å². The van der Waals surface area contributed by atoms with Gasteiger partial charge in [0.25, 0.3) is 0 Å². The van der Waals surface area contributed by atoms with Crippen molar-refractivity contribution in [3.05, 3.63) is 54.2 Å². The van der Waals surface area contributed by atoms with Crippen LogP contribution in [-0.2, 0) is 0 Å². The van der Waals surface area contributed by atoms with Gasteiger partial charge in [-0.05, 0) is 42.0 Å². The number of hydrogen-bond acceptors (Lipinski definition) is 1. The van der Waals surface area contributed by atoms with Crippen LogP contribution in [0.4, 0.5) is 0 Å². The molecule has 2 heterocycles. The highest BCUT2D eigenvalue weighted by Gasteiger charge is 2.18. The molecule has 2 heteroatoms. The van der Waals surface area contributed by atoms with Gasteiger partial charge in [0.2, 0.25) is 0 Å². The molecule has 1 aliphatic rings. The van der Waals surface area contributed by atoms with E-state index < -0.39 is 0 Å². The van der Waals surface area contributed by atoms with Gasteiger partial charge < -0.3 is 4.98 Å². The monoisotopic (exact) mass is 262 g/mol. The molecule has 0 atom stereocenters. The van der Waals surface area contributed by atoms with Gasteiger partial charge in [-0.25, -0.2) is 4.98 Å². The average Bonchev–Trinajstić information content (AvgIpc) is 3.16. The molecule has 0 bridgehead atoms. The molecule has 0 amide bonds. The van der Waals surface area contributed by atoms with E-state index in [0.717, 1.165) is 17.3 Å². The minimum absolute atomic E-state index is 0.724. The minimum atomic E-state index is 0.724. The zero-order valence-electron chi connectivity index (χ0n) is 11.5. The fraction of sp³-hybridized carbons (Fsp3) is 0.278. The summed E-state index contributed by atoms with van der Waals surface area (Å²) < 4.78 is 0. The summed E-state index contributed by atoms with van der Waals surface area (Å²) in [5.41, 5.74) is 4.77. The Labute approximate surface area is 118 Å². The third-order valence-electron chi connectivity index (χ3n) is 4.40. The molecular weight excluding hydrogens is 244 g/mol. The molecular formula is C18H18N2. The first-order chi connectivity index (χ1) is 9.90. The van der Waals surface area contributed by atoms with Gasteiger partial charge in [0.15, 0.2) is 0 Å². The summed E-state index contributed by atoms with van der Waals surface area (Å²) in [5.74, 6) is 0.724. The normalized spacial score (nSPS) is 16.0. The Morgan fingerprint density at radius 3 is 2.60 bits per heavy atom. The Hall–Kier alpha value is -2.09. The predicted molar refractivity (Wildman–Crippen MR) is 82.7 cm³/mol. The molecule has 1 aliphatic carbocycles. The second-order valence-corrected chi connectivity index (χ2v) is 5.74. The molecule has 20 heavy (non-hydrogen) atoms. The van der Waals surface area contributed by atoms with Crippen LogP contribution >= 0.6 is 0 Å². The molecule has 0 unspecified atom stereocenters. The fourth-order valence-electron chi connectivity index (χ4n) is 3.29. The number of nitrogens with zero attached hydrogens (tertiary/aromatic N) is 1. The molecule has 1 fully saturated rings. The SMILES string of the molecule is c1ccc(-c2cc3cc(C4CCCC4)cnc3[nH]2)cc1. The highest BCUT2D eigenvalue weighted by molar-refractivity contribution is 5.83. The van der Waals surface area contributed by atoms with E-state index in [2.05, 4.69) is 52.6 Å². The molecule has 1 N–H and O–H groups in total. The molecule has 4 rings (SSSR count). The second-order valence-electron chi connectivity index (χ2n) is 5.74. The molecule has 0 spiro atoms. The van der Waals surface area contributed by atoms with Crippen molar-refractivity contribution in [2.45, 2.75) is 31.6 Å². The number of benzene rings is 1. The lowest BCUT2D eigenvalue weighted by molar-refractivity contribution is 0.721. The van der Waals surface area contributed by atoms with Gasteiger partial charge in [-0.2, -0.15) is 0 Å². The van der Waals surface area contributed by atoms with Crippen molar-refractivity contribution in [1.82, 2.24) is 9.97 Å². The van der Waals surface area contributed by atoms with Crippen molar-refractivity contribution in [3.8, 4) is 11.3 Å². The quantitative estimate of drug-likeness (QED) is 0.700. The highest BCUT2D eigenvalue weighted by Crippen LogP contribution is 2.35. The largest absolute Gasteiger partial charge is 0.339 e. The Kier molecular flexibility index (Phi) is 2.80. The lowest BCUT2D eigenvalue weighted by Crippen LogP contribution is -1.92. The number of aromatic amines is 1. The number of aromatic nitrogens is 2. The van der Waals surface area contributed by atoms with Crippen LogP contribution in [0.5, 0.6) is 0 Å². The molecule has 1 aromatic carbocycles. The Bertz CT molecular complexity index is 722. The summed E-state index contributed by atoms with van der Waals surface area (Å²) in [5, 5.41) is 1.23. The molecule has 3 aromatic rings. The first kappa shape index (κ1) is 11.7. The molecule has 100 valence electrons. The topological polar surface area (TPSA) is 28.7 Å². The third kappa shape index (κ3) is 2.01. The summed E-state index contributed by atoms with van der Waals surface area (Å²) in [6.45, 7) is 0. The van der Waals surface area contributed by atoms with E-state index >= 15 is 0 Å². The molecule has 0 aliphatic heterocycles. The number of nitrogens with one attached hydrogen (secondary N) is 1. The van der Waals surface area contributed by atoms with Crippen LogP contribution in [0.2, 0.25) is 0 Å². The van der Waals surface area contributed by atoms with Gasteiger partial charge in [-0.3, -0.25) is 0 Å². The smallest absolute Gasteiger partial charge is 0.137 e. The van der Waals surface area contributed by atoms with Gasteiger partial charge in [0.05, 0.1) is 0 Å². The zero-order valence-corrected chi connectivity index (χ0v) is 11.5. The van der Waals surface area contributed by atoms with Crippen molar-refractivity contribution >= 4 is 11.0 Å².